The van der Waals surface area contributed by atoms with Gasteiger partial charge < -0.3 is 10.1 Å². The van der Waals surface area contributed by atoms with Crippen molar-refractivity contribution in [3.05, 3.63) is 59.8 Å². The van der Waals surface area contributed by atoms with Gasteiger partial charge in [-0.05, 0) is 25.0 Å². The Morgan fingerprint density at radius 2 is 2.06 bits per heavy atom. The van der Waals surface area contributed by atoms with Crippen LogP contribution in [0.3, 0.4) is 0 Å². The van der Waals surface area contributed by atoms with Crippen molar-refractivity contribution in [1.82, 2.24) is 5.32 Å². The number of carbonyl (C=O) groups is 1. The van der Waals surface area contributed by atoms with Gasteiger partial charge in [-0.3, -0.25) is 0 Å². The zero-order valence-electron chi connectivity index (χ0n) is 10.8. The number of hydrogen-bond donors (Lipinski definition) is 1. The molecule has 18 heavy (non-hydrogen) atoms. The highest BCUT2D eigenvalue weighted by Gasteiger charge is 1.92. The van der Waals surface area contributed by atoms with Crippen LogP contribution in [0.4, 0.5) is 0 Å². The molecule has 3 heteroatoms. The van der Waals surface area contributed by atoms with E-state index in [1.54, 1.807) is 6.08 Å². The summed E-state index contributed by atoms with van der Waals surface area (Å²) in [7, 11) is 1.36. The van der Waals surface area contributed by atoms with Gasteiger partial charge in [-0.25, -0.2) is 4.79 Å². The second-order valence-corrected chi connectivity index (χ2v) is 3.89. The second-order valence-electron chi connectivity index (χ2n) is 3.89. The molecular formula is C15H19NO2. The Kier molecular flexibility index (Phi) is 6.33. The minimum Gasteiger partial charge on any atom is -0.466 e. The Labute approximate surface area is 108 Å². The molecule has 0 unspecified atom stereocenters. The van der Waals surface area contributed by atoms with E-state index in [1.807, 2.05) is 31.2 Å². The maximum Gasteiger partial charge on any atom is 0.330 e. The first-order chi connectivity index (χ1) is 8.72. The molecule has 1 N–H and O–H groups in total. The minimum atomic E-state index is -0.344. The lowest BCUT2D eigenvalue weighted by atomic mass is 10.1. The summed E-state index contributed by atoms with van der Waals surface area (Å²) < 4.78 is 4.50. The van der Waals surface area contributed by atoms with Gasteiger partial charge in [0.25, 0.3) is 0 Å². The minimum absolute atomic E-state index is 0.344. The van der Waals surface area contributed by atoms with Crippen LogP contribution in [0.25, 0.3) is 0 Å². The van der Waals surface area contributed by atoms with Gasteiger partial charge >= 0.3 is 5.97 Å². The molecule has 1 aromatic rings. The Morgan fingerprint density at radius 1 is 1.33 bits per heavy atom. The highest BCUT2D eigenvalue weighted by molar-refractivity contribution is 5.82. The molecule has 0 bridgehead atoms. The topological polar surface area (TPSA) is 38.3 Å². The summed E-state index contributed by atoms with van der Waals surface area (Å²) in [5.74, 6) is -0.344. The van der Waals surface area contributed by atoms with Gasteiger partial charge in [-0.2, -0.15) is 0 Å². The normalized spacial score (nSPS) is 11.6. The first-order valence-electron chi connectivity index (χ1n) is 5.93. The Bertz CT molecular complexity index is 421. The van der Waals surface area contributed by atoms with Crippen molar-refractivity contribution in [2.24, 2.45) is 0 Å². The van der Waals surface area contributed by atoms with Gasteiger partial charge in [0.2, 0.25) is 0 Å². The molecule has 0 heterocycles. The van der Waals surface area contributed by atoms with E-state index in [0.717, 1.165) is 18.7 Å². The molecule has 0 aliphatic heterocycles. The van der Waals surface area contributed by atoms with Crippen molar-refractivity contribution >= 4 is 5.97 Å². The molecule has 0 aromatic heterocycles. The van der Waals surface area contributed by atoms with E-state index in [1.165, 1.54) is 18.7 Å². The van der Waals surface area contributed by atoms with E-state index < -0.39 is 0 Å². The molecule has 0 saturated heterocycles. The molecule has 0 fully saturated rings. The maximum atomic E-state index is 10.8. The third kappa shape index (κ3) is 5.89. The molecule has 1 rings (SSSR count). The quantitative estimate of drug-likeness (QED) is 0.475. The summed E-state index contributed by atoms with van der Waals surface area (Å²) in [6.07, 6.45) is 5.90. The lowest BCUT2D eigenvalue weighted by Crippen LogP contribution is -2.14. The van der Waals surface area contributed by atoms with Crippen molar-refractivity contribution in [2.75, 3.05) is 13.7 Å². The summed E-state index contributed by atoms with van der Waals surface area (Å²) in [5.41, 5.74) is 2.33. The van der Waals surface area contributed by atoms with Gasteiger partial charge in [0, 0.05) is 18.3 Å². The first-order valence-corrected chi connectivity index (χ1v) is 5.93. The van der Waals surface area contributed by atoms with E-state index in [2.05, 4.69) is 22.2 Å². The average molecular weight is 245 g/mol. The highest BCUT2D eigenvalue weighted by atomic mass is 16.5. The van der Waals surface area contributed by atoms with Crippen LogP contribution in [0, 0.1) is 0 Å². The van der Waals surface area contributed by atoms with Crippen LogP contribution < -0.4 is 5.32 Å². The van der Waals surface area contributed by atoms with Crippen LogP contribution in [-0.2, 0) is 16.0 Å². The molecule has 0 aliphatic carbocycles. The number of ether oxygens (including phenoxy) is 1. The monoisotopic (exact) mass is 245 g/mol. The maximum absolute atomic E-state index is 10.8. The van der Waals surface area contributed by atoms with Crippen molar-refractivity contribution in [2.45, 2.75) is 13.3 Å². The number of carbonyl (C=O) groups excluding carboxylic acids is 1. The largest absolute Gasteiger partial charge is 0.466 e. The number of hydrogen-bond acceptors (Lipinski definition) is 3. The van der Waals surface area contributed by atoms with Gasteiger partial charge in [-0.15, -0.1) is 0 Å². The van der Waals surface area contributed by atoms with Crippen molar-refractivity contribution < 1.29 is 9.53 Å². The van der Waals surface area contributed by atoms with Crippen molar-refractivity contribution in [3.8, 4) is 0 Å². The Balaban J connectivity index is 2.28. The summed E-state index contributed by atoms with van der Waals surface area (Å²) >= 11 is 0. The molecule has 0 spiro atoms. The molecule has 0 amide bonds. The predicted octanol–water partition coefficient (Wildman–Crippen LogP) is 2.45. The SMILES string of the molecule is COC(=O)/C=C/C=C(\C)NCCc1ccccc1. The highest BCUT2D eigenvalue weighted by Crippen LogP contribution is 1.99. The molecule has 0 atom stereocenters. The molecule has 96 valence electrons. The van der Waals surface area contributed by atoms with Gasteiger partial charge in [0.05, 0.1) is 7.11 Å². The molecule has 1 aromatic carbocycles. The van der Waals surface area contributed by atoms with Crippen LogP contribution in [-0.4, -0.2) is 19.6 Å². The number of benzene rings is 1. The zero-order chi connectivity index (χ0) is 13.2. The average Bonchev–Trinajstić information content (AvgIpc) is 2.39. The van der Waals surface area contributed by atoms with Crippen molar-refractivity contribution in [3.63, 3.8) is 0 Å². The lowest BCUT2D eigenvalue weighted by molar-refractivity contribution is -0.134. The summed E-state index contributed by atoms with van der Waals surface area (Å²) in [6.45, 7) is 2.84. The zero-order valence-corrected chi connectivity index (χ0v) is 10.8. The standard InChI is InChI=1S/C15H19NO2/c1-13(7-6-10-15(17)18-2)16-12-11-14-8-4-3-5-9-14/h3-10,16H,11-12H2,1-2H3/b10-6+,13-7+. The van der Waals surface area contributed by atoms with Gasteiger partial charge in [0.1, 0.15) is 0 Å². The van der Waals surface area contributed by atoms with Crippen LogP contribution in [0.2, 0.25) is 0 Å². The van der Waals surface area contributed by atoms with Gasteiger partial charge in [-0.1, -0.05) is 36.4 Å². The fourth-order valence-corrected chi connectivity index (χ4v) is 1.45. The fraction of sp³-hybridized carbons (Fsp3) is 0.267. The third-order valence-corrected chi connectivity index (χ3v) is 2.44. The number of nitrogens with one attached hydrogen (secondary N) is 1. The van der Waals surface area contributed by atoms with Crippen molar-refractivity contribution in [1.29, 1.82) is 0 Å². The van der Waals surface area contributed by atoms with Gasteiger partial charge in [0.15, 0.2) is 0 Å². The van der Waals surface area contributed by atoms with E-state index in [0.29, 0.717) is 0 Å². The van der Waals surface area contributed by atoms with E-state index >= 15 is 0 Å². The molecule has 0 saturated carbocycles. The second kappa shape index (κ2) is 8.12. The van der Waals surface area contributed by atoms with E-state index in [4.69, 9.17) is 0 Å². The number of methoxy groups -OCH3 is 1. The summed E-state index contributed by atoms with van der Waals surface area (Å²) in [4.78, 5) is 10.8. The Hall–Kier alpha value is -2.03. The Morgan fingerprint density at radius 3 is 2.72 bits per heavy atom. The lowest BCUT2D eigenvalue weighted by Gasteiger charge is -2.05. The van der Waals surface area contributed by atoms with Crippen LogP contribution in [0.1, 0.15) is 12.5 Å². The predicted molar refractivity (Wildman–Crippen MR) is 73.1 cm³/mol. The number of allylic oxidation sites excluding steroid dienone is 3. The molecular weight excluding hydrogens is 226 g/mol. The van der Waals surface area contributed by atoms with Crippen LogP contribution in [0.15, 0.2) is 54.3 Å². The number of rotatable bonds is 6. The molecule has 3 nitrogen and oxygen atoms in total. The first kappa shape index (κ1) is 14.0. The van der Waals surface area contributed by atoms with Crippen LogP contribution in [0.5, 0.6) is 0 Å². The van der Waals surface area contributed by atoms with Crippen LogP contribution >= 0.6 is 0 Å². The number of esters is 1. The fourth-order valence-electron chi connectivity index (χ4n) is 1.45. The summed E-state index contributed by atoms with van der Waals surface area (Å²) in [5, 5.41) is 3.28. The third-order valence-electron chi connectivity index (χ3n) is 2.44. The molecule has 0 aliphatic rings. The van der Waals surface area contributed by atoms with E-state index in [-0.39, 0.29) is 5.97 Å². The smallest absolute Gasteiger partial charge is 0.330 e. The summed E-state index contributed by atoms with van der Waals surface area (Å²) in [6, 6.07) is 10.3. The molecule has 0 radical (unpaired) electrons. The van der Waals surface area contributed by atoms with E-state index in [9.17, 15) is 4.79 Å².